The Morgan fingerprint density at radius 2 is 2.07 bits per heavy atom. The van der Waals surface area contributed by atoms with Crippen molar-refractivity contribution >= 4 is 29.9 Å². The molecule has 0 aliphatic heterocycles. The Morgan fingerprint density at radius 3 is 2.73 bits per heavy atom. The van der Waals surface area contributed by atoms with Crippen molar-refractivity contribution in [1.82, 2.24) is 34.9 Å². The minimum Gasteiger partial charge on any atom is -0.357 e. The molecule has 0 bridgehead atoms. The normalized spacial score (nSPS) is 11.3. The molecule has 0 saturated heterocycles. The first-order chi connectivity index (χ1) is 14.1. The minimum atomic E-state index is -0.295. The number of hydrogen-bond donors (Lipinski definition) is 2. The standard InChI is InChI=1S/C20H27FN8.HI/c1-4-19-27-26-14-28(19)10-8-24-20(22-5-2)25-13-16-6-7-18(17(21)12-16)29-11-9-23-15(29)3;/h6-7,9,11-12,14H,4-5,8,10,13H2,1-3H3,(H2,22,24,25);1H. The molecule has 0 aliphatic carbocycles. The summed E-state index contributed by atoms with van der Waals surface area (Å²) < 4.78 is 18.3. The van der Waals surface area contributed by atoms with E-state index in [4.69, 9.17) is 0 Å². The number of aromatic nitrogens is 5. The van der Waals surface area contributed by atoms with Gasteiger partial charge in [0.05, 0.1) is 12.2 Å². The fourth-order valence-electron chi connectivity index (χ4n) is 3.02. The molecule has 0 fully saturated rings. The molecule has 30 heavy (non-hydrogen) atoms. The molecule has 2 heterocycles. The number of halogens is 2. The molecule has 0 spiro atoms. The number of rotatable bonds is 8. The van der Waals surface area contributed by atoms with Crippen LogP contribution in [0, 0.1) is 12.7 Å². The van der Waals surface area contributed by atoms with Gasteiger partial charge in [0.25, 0.3) is 0 Å². The van der Waals surface area contributed by atoms with Crippen molar-refractivity contribution in [3.05, 3.63) is 59.9 Å². The average Bonchev–Trinajstić information content (AvgIpc) is 3.34. The highest BCUT2D eigenvalue weighted by atomic mass is 127. The van der Waals surface area contributed by atoms with E-state index in [1.807, 2.05) is 24.5 Å². The maximum Gasteiger partial charge on any atom is 0.191 e. The van der Waals surface area contributed by atoms with Crippen molar-refractivity contribution < 1.29 is 4.39 Å². The fourth-order valence-corrected chi connectivity index (χ4v) is 3.02. The van der Waals surface area contributed by atoms with E-state index in [1.54, 1.807) is 29.4 Å². The lowest BCUT2D eigenvalue weighted by molar-refractivity contribution is 0.614. The van der Waals surface area contributed by atoms with Crippen LogP contribution in [-0.2, 0) is 19.5 Å². The van der Waals surface area contributed by atoms with Crippen LogP contribution in [0.25, 0.3) is 5.69 Å². The van der Waals surface area contributed by atoms with Crippen LogP contribution in [0.1, 0.15) is 31.1 Å². The van der Waals surface area contributed by atoms with Gasteiger partial charge in [-0.3, -0.25) is 0 Å². The topological polar surface area (TPSA) is 85.0 Å². The van der Waals surface area contributed by atoms with Crippen LogP contribution in [0.2, 0.25) is 0 Å². The Labute approximate surface area is 193 Å². The lowest BCUT2D eigenvalue weighted by Gasteiger charge is -2.12. The molecule has 3 aromatic rings. The molecule has 8 nitrogen and oxygen atoms in total. The highest BCUT2D eigenvalue weighted by molar-refractivity contribution is 14.0. The minimum absolute atomic E-state index is 0. The highest BCUT2D eigenvalue weighted by Crippen LogP contribution is 2.17. The van der Waals surface area contributed by atoms with Crippen LogP contribution < -0.4 is 10.6 Å². The van der Waals surface area contributed by atoms with Gasteiger partial charge in [-0.15, -0.1) is 34.2 Å². The second-order valence-electron chi connectivity index (χ2n) is 6.55. The maximum absolute atomic E-state index is 14.6. The Kier molecular flexibility index (Phi) is 9.21. The number of hydrogen-bond acceptors (Lipinski definition) is 4. The summed E-state index contributed by atoms with van der Waals surface area (Å²) in [7, 11) is 0. The van der Waals surface area contributed by atoms with Gasteiger partial charge in [-0.25, -0.2) is 14.4 Å². The van der Waals surface area contributed by atoms with Gasteiger partial charge in [-0.1, -0.05) is 13.0 Å². The number of benzene rings is 1. The van der Waals surface area contributed by atoms with E-state index in [-0.39, 0.29) is 29.8 Å². The van der Waals surface area contributed by atoms with Gasteiger partial charge in [-0.2, -0.15) is 0 Å². The second-order valence-corrected chi connectivity index (χ2v) is 6.55. The summed E-state index contributed by atoms with van der Waals surface area (Å²) in [4.78, 5) is 8.71. The van der Waals surface area contributed by atoms with Crippen LogP contribution in [0.3, 0.4) is 0 Å². The lowest BCUT2D eigenvalue weighted by atomic mass is 10.2. The number of guanidine groups is 1. The summed E-state index contributed by atoms with van der Waals surface area (Å²) in [5, 5.41) is 14.5. The molecule has 2 N–H and O–H groups in total. The fraction of sp³-hybridized carbons (Fsp3) is 0.400. The zero-order valence-electron chi connectivity index (χ0n) is 17.5. The molecule has 0 aliphatic rings. The summed E-state index contributed by atoms with van der Waals surface area (Å²) in [5.41, 5.74) is 1.28. The van der Waals surface area contributed by atoms with E-state index in [2.05, 4.69) is 37.7 Å². The first-order valence-electron chi connectivity index (χ1n) is 9.80. The number of aliphatic imine (C=N–C) groups is 1. The number of imidazole rings is 1. The first kappa shape index (κ1) is 23.8. The van der Waals surface area contributed by atoms with Crippen LogP contribution in [-0.4, -0.2) is 43.4 Å². The number of nitrogens with zero attached hydrogens (tertiary/aromatic N) is 6. The summed E-state index contributed by atoms with van der Waals surface area (Å²) in [6.07, 6.45) is 5.98. The van der Waals surface area contributed by atoms with Gasteiger partial charge in [0.15, 0.2) is 5.96 Å². The highest BCUT2D eigenvalue weighted by Gasteiger charge is 2.08. The summed E-state index contributed by atoms with van der Waals surface area (Å²) in [6, 6.07) is 5.16. The molecular formula is C20H28FIN8. The zero-order chi connectivity index (χ0) is 20.6. The first-order valence-corrected chi connectivity index (χ1v) is 9.80. The molecular weight excluding hydrogens is 498 g/mol. The molecule has 1 aromatic carbocycles. The zero-order valence-corrected chi connectivity index (χ0v) is 19.8. The number of aryl methyl sites for hydroxylation is 2. The van der Waals surface area contributed by atoms with Gasteiger partial charge < -0.3 is 19.8 Å². The SMILES string of the molecule is CCNC(=NCc1ccc(-n2ccnc2C)c(F)c1)NCCn1cnnc1CC.I. The third kappa shape index (κ3) is 6.00. The summed E-state index contributed by atoms with van der Waals surface area (Å²) >= 11 is 0. The van der Waals surface area contributed by atoms with E-state index in [0.717, 1.165) is 36.7 Å². The van der Waals surface area contributed by atoms with Gasteiger partial charge in [-0.05, 0) is 31.5 Å². The van der Waals surface area contributed by atoms with Crippen LogP contribution in [0.5, 0.6) is 0 Å². The van der Waals surface area contributed by atoms with Gasteiger partial charge in [0.2, 0.25) is 0 Å². The van der Waals surface area contributed by atoms with Crippen LogP contribution in [0.4, 0.5) is 4.39 Å². The van der Waals surface area contributed by atoms with Crippen molar-refractivity contribution in [2.75, 3.05) is 13.1 Å². The maximum atomic E-state index is 14.6. The Balaban J connectivity index is 0.00000320. The van der Waals surface area contributed by atoms with E-state index in [0.29, 0.717) is 24.7 Å². The molecule has 0 saturated carbocycles. The third-order valence-corrected chi connectivity index (χ3v) is 4.52. The van der Waals surface area contributed by atoms with Crippen molar-refractivity contribution in [3.63, 3.8) is 0 Å². The van der Waals surface area contributed by atoms with Crippen molar-refractivity contribution in [2.24, 2.45) is 4.99 Å². The van der Waals surface area contributed by atoms with Crippen molar-refractivity contribution in [3.8, 4) is 5.69 Å². The van der Waals surface area contributed by atoms with Crippen molar-refractivity contribution in [2.45, 2.75) is 40.3 Å². The molecule has 2 aromatic heterocycles. The van der Waals surface area contributed by atoms with Crippen LogP contribution in [0.15, 0.2) is 41.9 Å². The number of nitrogens with one attached hydrogen (secondary N) is 2. The van der Waals surface area contributed by atoms with E-state index < -0.39 is 0 Å². The Bertz CT molecular complexity index is 965. The predicted octanol–water partition coefficient (Wildman–Crippen LogP) is 2.85. The third-order valence-electron chi connectivity index (χ3n) is 4.52. The molecule has 0 amide bonds. The largest absolute Gasteiger partial charge is 0.357 e. The van der Waals surface area contributed by atoms with Gasteiger partial charge in [0, 0.05) is 38.4 Å². The van der Waals surface area contributed by atoms with E-state index in [1.165, 1.54) is 6.07 Å². The molecule has 0 radical (unpaired) electrons. The van der Waals surface area contributed by atoms with E-state index in [9.17, 15) is 4.39 Å². The Morgan fingerprint density at radius 1 is 1.23 bits per heavy atom. The summed E-state index contributed by atoms with van der Waals surface area (Å²) in [6.45, 7) is 8.45. The van der Waals surface area contributed by atoms with Crippen LogP contribution >= 0.6 is 24.0 Å². The van der Waals surface area contributed by atoms with Gasteiger partial charge in [0.1, 0.15) is 23.8 Å². The molecule has 0 unspecified atom stereocenters. The smallest absolute Gasteiger partial charge is 0.191 e. The molecule has 3 rings (SSSR count). The van der Waals surface area contributed by atoms with Crippen molar-refractivity contribution in [1.29, 1.82) is 0 Å². The van der Waals surface area contributed by atoms with E-state index >= 15 is 0 Å². The molecule has 162 valence electrons. The molecule has 0 atom stereocenters. The van der Waals surface area contributed by atoms with Gasteiger partial charge >= 0.3 is 0 Å². The second kappa shape index (κ2) is 11.6. The summed E-state index contributed by atoms with van der Waals surface area (Å²) in [5.74, 6) is 2.09. The average molecular weight is 526 g/mol. The Hall–Kier alpha value is -2.50. The quantitative estimate of drug-likeness (QED) is 0.268. The molecule has 10 heteroatoms. The monoisotopic (exact) mass is 526 g/mol. The lowest BCUT2D eigenvalue weighted by Crippen LogP contribution is -2.38. The predicted molar refractivity (Wildman–Crippen MR) is 126 cm³/mol.